The minimum atomic E-state index is -2.58. The smallest absolute Gasteiger partial charge is 0.275 e. The molecule has 0 unspecified atom stereocenters. The van der Waals surface area contributed by atoms with Gasteiger partial charge in [-0.05, 0) is 57.4 Å². The van der Waals surface area contributed by atoms with Crippen LogP contribution in [0.5, 0.6) is 0 Å². The summed E-state index contributed by atoms with van der Waals surface area (Å²) < 4.78 is 0. The molecule has 3 nitrogen and oxygen atoms in total. The molecule has 3 heteroatoms. The largest absolute Gasteiger partial charge is 0.344 e. The van der Waals surface area contributed by atoms with Crippen molar-refractivity contribution in [2.45, 2.75) is 72.7 Å². The summed E-state index contributed by atoms with van der Waals surface area (Å²) in [6.07, 6.45) is 16.4. The van der Waals surface area contributed by atoms with Crippen molar-refractivity contribution < 1.29 is 15.3 Å². The van der Waals surface area contributed by atoms with Gasteiger partial charge in [-0.3, -0.25) is 0 Å². The molecule has 0 spiro atoms. The number of hydrogen-bond acceptors (Lipinski definition) is 3. The first-order valence-electron chi connectivity index (χ1n) is 9.08. The quantitative estimate of drug-likeness (QED) is 0.452. The molecular formula is C22H34O3. The topological polar surface area (TPSA) is 60.7 Å². The van der Waals surface area contributed by atoms with Crippen molar-refractivity contribution in [2.75, 3.05) is 0 Å². The highest BCUT2D eigenvalue weighted by Crippen LogP contribution is 2.40. The Morgan fingerprint density at radius 2 is 1.80 bits per heavy atom. The maximum Gasteiger partial charge on any atom is 0.275 e. The summed E-state index contributed by atoms with van der Waals surface area (Å²) in [4.78, 5) is 0. The standard InChI is InChI=1S/C22H34O3/c1-17(11-7-16-22(23,24)25)9-6-10-18(2)13-14-20-19(3)12-8-15-21(20,4)5/h6,9-11,13-14,23-25H,7-8,12,15-16H2,1-5H3/b9-6+,14-13-,17-11-,18-10-. The minimum Gasteiger partial charge on any atom is -0.344 e. The Balaban J connectivity index is 2.65. The number of rotatable bonds is 7. The van der Waals surface area contributed by atoms with Gasteiger partial charge >= 0.3 is 0 Å². The van der Waals surface area contributed by atoms with Gasteiger partial charge in [0.25, 0.3) is 5.97 Å². The van der Waals surface area contributed by atoms with Crippen LogP contribution in [0, 0.1) is 5.41 Å². The number of allylic oxidation sites excluding steroid dienone is 10. The maximum absolute atomic E-state index is 8.84. The Kier molecular flexibility index (Phi) is 8.07. The van der Waals surface area contributed by atoms with E-state index in [9.17, 15) is 0 Å². The van der Waals surface area contributed by atoms with E-state index in [1.54, 1.807) is 0 Å². The number of hydrogen-bond donors (Lipinski definition) is 3. The molecule has 0 aromatic carbocycles. The van der Waals surface area contributed by atoms with E-state index in [4.69, 9.17) is 15.3 Å². The summed E-state index contributed by atoms with van der Waals surface area (Å²) in [7, 11) is 0. The SMILES string of the molecule is CC1=C(\C=C/C(C)=C\C=C\C(C)=C/CCC(O)(O)O)C(C)(C)CCC1. The first kappa shape index (κ1) is 21.6. The second kappa shape index (κ2) is 9.33. The van der Waals surface area contributed by atoms with Gasteiger partial charge in [0.15, 0.2) is 0 Å². The van der Waals surface area contributed by atoms with Crippen molar-refractivity contribution >= 4 is 0 Å². The molecule has 0 saturated carbocycles. The summed E-state index contributed by atoms with van der Waals surface area (Å²) in [5, 5.41) is 26.5. The van der Waals surface area contributed by atoms with Gasteiger partial charge in [0, 0.05) is 6.42 Å². The fraction of sp³-hybridized carbons (Fsp3) is 0.545. The normalized spacial score (nSPS) is 20.2. The van der Waals surface area contributed by atoms with E-state index in [-0.39, 0.29) is 11.8 Å². The highest BCUT2D eigenvalue weighted by Gasteiger charge is 2.26. The van der Waals surface area contributed by atoms with Crippen LogP contribution in [0.2, 0.25) is 0 Å². The van der Waals surface area contributed by atoms with Gasteiger partial charge in [0.2, 0.25) is 0 Å². The lowest BCUT2D eigenvalue weighted by atomic mass is 9.72. The molecule has 0 saturated heterocycles. The Labute approximate surface area is 152 Å². The lowest BCUT2D eigenvalue weighted by molar-refractivity contribution is -0.313. The first-order chi connectivity index (χ1) is 11.5. The highest BCUT2D eigenvalue weighted by molar-refractivity contribution is 5.37. The van der Waals surface area contributed by atoms with Gasteiger partial charge in [0.1, 0.15) is 0 Å². The Bertz CT molecular complexity index is 593. The zero-order chi connectivity index (χ0) is 19.1. The van der Waals surface area contributed by atoms with Crippen LogP contribution in [0.4, 0.5) is 0 Å². The molecule has 0 bridgehead atoms. The molecule has 0 fully saturated rings. The molecule has 0 aliphatic heterocycles. The summed E-state index contributed by atoms with van der Waals surface area (Å²) in [6.45, 7) is 10.9. The summed E-state index contributed by atoms with van der Waals surface area (Å²) in [5.41, 5.74) is 5.43. The monoisotopic (exact) mass is 346 g/mol. The van der Waals surface area contributed by atoms with Gasteiger partial charge in [-0.15, -0.1) is 0 Å². The van der Waals surface area contributed by atoms with Crippen molar-refractivity contribution in [2.24, 2.45) is 5.41 Å². The van der Waals surface area contributed by atoms with Crippen molar-refractivity contribution in [1.82, 2.24) is 0 Å². The van der Waals surface area contributed by atoms with Crippen LogP contribution in [0.3, 0.4) is 0 Å². The van der Waals surface area contributed by atoms with Gasteiger partial charge < -0.3 is 15.3 Å². The predicted molar refractivity (Wildman–Crippen MR) is 105 cm³/mol. The number of aliphatic hydroxyl groups is 3. The van der Waals surface area contributed by atoms with Gasteiger partial charge in [0.05, 0.1) is 0 Å². The molecule has 1 aliphatic rings. The maximum atomic E-state index is 8.84. The molecule has 0 aromatic heterocycles. The third-order valence-electron chi connectivity index (χ3n) is 4.72. The molecule has 25 heavy (non-hydrogen) atoms. The van der Waals surface area contributed by atoms with E-state index in [1.807, 2.05) is 25.2 Å². The summed E-state index contributed by atoms with van der Waals surface area (Å²) in [5.74, 6) is -2.58. The first-order valence-corrected chi connectivity index (χ1v) is 9.08. The molecule has 1 aliphatic carbocycles. The fourth-order valence-corrected chi connectivity index (χ4v) is 3.19. The van der Waals surface area contributed by atoms with Gasteiger partial charge in [-0.1, -0.05) is 67.0 Å². The second-order valence-corrected chi connectivity index (χ2v) is 7.80. The van der Waals surface area contributed by atoms with Crippen LogP contribution in [0.15, 0.2) is 58.7 Å². The van der Waals surface area contributed by atoms with Crippen molar-refractivity contribution in [3.8, 4) is 0 Å². The predicted octanol–water partition coefficient (Wildman–Crippen LogP) is 4.93. The van der Waals surface area contributed by atoms with Crippen LogP contribution < -0.4 is 0 Å². The molecule has 0 aromatic rings. The lowest BCUT2D eigenvalue weighted by Gasteiger charge is -2.32. The fourth-order valence-electron chi connectivity index (χ4n) is 3.19. The minimum absolute atomic E-state index is 0.0972. The molecule has 3 N–H and O–H groups in total. The van der Waals surface area contributed by atoms with E-state index in [1.165, 1.54) is 36.0 Å². The van der Waals surface area contributed by atoms with Crippen molar-refractivity contribution in [3.63, 3.8) is 0 Å². The van der Waals surface area contributed by atoms with Crippen LogP contribution in [0.25, 0.3) is 0 Å². The molecule has 1 rings (SSSR count). The molecule has 0 atom stereocenters. The Morgan fingerprint density at radius 3 is 2.40 bits per heavy atom. The molecule has 140 valence electrons. The van der Waals surface area contributed by atoms with E-state index < -0.39 is 5.97 Å². The van der Waals surface area contributed by atoms with E-state index in [2.05, 4.69) is 45.9 Å². The van der Waals surface area contributed by atoms with E-state index in [0.717, 1.165) is 5.57 Å². The zero-order valence-corrected chi connectivity index (χ0v) is 16.3. The van der Waals surface area contributed by atoms with Crippen molar-refractivity contribution in [3.05, 3.63) is 58.7 Å². The average molecular weight is 347 g/mol. The van der Waals surface area contributed by atoms with Crippen LogP contribution in [0.1, 0.15) is 66.7 Å². The molecule has 0 amide bonds. The van der Waals surface area contributed by atoms with Gasteiger partial charge in [-0.25, -0.2) is 0 Å². The lowest BCUT2D eigenvalue weighted by Crippen LogP contribution is -2.26. The third kappa shape index (κ3) is 8.48. The summed E-state index contributed by atoms with van der Waals surface area (Å²) in [6, 6.07) is 0. The van der Waals surface area contributed by atoms with E-state index in [0.29, 0.717) is 6.42 Å². The molecule has 0 heterocycles. The molecule has 0 radical (unpaired) electrons. The Hall–Kier alpha value is -1.42. The second-order valence-electron chi connectivity index (χ2n) is 7.80. The van der Waals surface area contributed by atoms with E-state index >= 15 is 0 Å². The Morgan fingerprint density at radius 1 is 1.12 bits per heavy atom. The average Bonchev–Trinajstić information content (AvgIpc) is 2.44. The summed E-state index contributed by atoms with van der Waals surface area (Å²) >= 11 is 0. The van der Waals surface area contributed by atoms with Gasteiger partial charge in [-0.2, -0.15) is 0 Å². The van der Waals surface area contributed by atoms with Crippen LogP contribution in [-0.4, -0.2) is 21.3 Å². The molecular weight excluding hydrogens is 312 g/mol. The highest BCUT2D eigenvalue weighted by atomic mass is 16.7. The van der Waals surface area contributed by atoms with Crippen molar-refractivity contribution in [1.29, 1.82) is 0 Å². The van der Waals surface area contributed by atoms with Crippen LogP contribution in [-0.2, 0) is 0 Å². The third-order valence-corrected chi connectivity index (χ3v) is 4.72. The zero-order valence-electron chi connectivity index (χ0n) is 16.3. The van der Waals surface area contributed by atoms with Crippen LogP contribution >= 0.6 is 0 Å².